The van der Waals surface area contributed by atoms with Crippen LogP contribution in [-0.4, -0.2) is 22.5 Å². The minimum Gasteiger partial charge on any atom is -0.368 e. The average Bonchev–Trinajstić information content (AvgIpc) is 2.39. The van der Waals surface area contributed by atoms with Gasteiger partial charge in [-0.25, -0.2) is 4.98 Å². The van der Waals surface area contributed by atoms with Crippen LogP contribution in [0.2, 0.25) is 5.02 Å². The van der Waals surface area contributed by atoms with Gasteiger partial charge >= 0.3 is 0 Å². The maximum Gasteiger partial charge on any atom is 0.146 e. The van der Waals surface area contributed by atoms with Crippen molar-refractivity contribution in [3.8, 4) is 6.07 Å². The smallest absolute Gasteiger partial charge is 0.146 e. The molecule has 1 aliphatic rings. The number of hydrogen-bond acceptors (Lipinski definition) is 4. The maximum absolute atomic E-state index is 8.87. The molecule has 1 N–H and O–H groups in total. The van der Waals surface area contributed by atoms with E-state index in [1.807, 2.05) is 11.8 Å². The first-order chi connectivity index (χ1) is 8.31. The van der Waals surface area contributed by atoms with E-state index in [4.69, 9.17) is 16.9 Å². The Morgan fingerprint density at radius 3 is 3.18 bits per heavy atom. The van der Waals surface area contributed by atoms with Crippen LogP contribution >= 0.6 is 23.4 Å². The molecule has 0 amide bonds. The molecule has 90 valence electrons. The number of pyridine rings is 1. The predicted octanol–water partition coefficient (Wildman–Crippen LogP) is 3.30. The molecule has 17 heavy (non-hydrogen) atoms. The first kappa shape index (κ1) is 12.5. The van der Waals surface area contributed by atoms with E-state index in [1.165, 1.54) is 25.0 Å². The molecule has 0 spiro atoms. The Balaban J connectivity index is 1.96. The van der Waals surface area contributed by atoms with Gasteiger partial charge < -0.3 is 5.32 Å². The van der Waals surface area contributed by atoms with Gasteiger partial charge in [-0.15, -0.1) is 0 Å². The summed E-state index contributed by atoms with van der Waals surface area (Å²) in [6, 6.07) is 3.68. The molecule has 2 rings (SSSR count). The van der Waals surface area contributed by atoms with E-state index in [9.17, 15) is 0 Å². The summed E-state index contributed by atoms with van der Waals surface area (Å²) in [5.41, 5.74) is 0.473. The fourth-order valence-corrected chi connectivity index (χ4v) is 3.29. The maximum atomic E-state index is 8.87. The highest BCUT2D eigenvalue weighted by Gasteiger charge is 2.14. The summed E-state index contributed by atoms with van der Waals surface area (Å²) in [4.78, 5) is 4.17. The lowest BCUT2D eigenvalue weighted by Gasteiger charge is -2.21. The lowest BCUT2D eigenvalue weighted by atomic mass is 10.2. The molecular formula is C12H14ClN3S. The minimum atomic E-state index is 0.427. The normalized spacial score (nSPS) is 19.6. The van der Waals surface area contributed by atoms with Crippen LogP contribution in [0.3, 0.4) is 0 Å². The Kier molecular flexibility index (Phi) is 4.52. The number of hydrogen-bond donors (Lipinski definition) is 1. The number of nitrogens with one attached hydrogen (secondary N) is 1. The van der Waals surface area contributed by atoms with E-state index in [0.717, 1.165) is 6.54 Å². The van der Waals surface area contributed by atoms with Gasteiger partial charge in [-0.05, 0) is 24.7 Å². The Morgan fingerprint density at radius 1 is 1.59 bits per heavy atom. The zero-order valence-electron chi connectivity index (χ0n) is 9.45. The van der Waals surface area contributed by atoms with Gasteiger partial charge in [-0.3, -0.25) is 0 Å². The topological polar surface area (TPSA) is 48.7 Å². The van der Waals surface area contributed by atoms with Crippen molar-refractivity contribution in [1.29, 1.82) is 5.26 Å². The molecule has 5 heteroatoms. The van der Waals surface area contributed by atoms with E-state index < -0.39 is 0 Å². The molecule has 1 aliphatic heterocycles. The van der Waals surface area contributed by atoms with Gasteiger partial charge in [0, 0.05) is 18.0 Å². The van der Waals surface area contributed by atoms with Crippen molar-refractivity contribution in [2.45, 2.75) is 24.5 Å². The van der Waals surface area contributed by atoms with Crippen molar-refractivity contribution >= 4 is 29.2 Å². The van der Waals surface area contributed by atoms with Crippen molar-refractivity contribution < 1.29 is 0 Å². The van der Waals surface area contributed by atoms with Gasteiger partial charge in [0.1, 0.15) is 16.9 Å². The average molecular weight is 268 g/mol. The van der Waals surface area contributed by atoms with E-state index in [-0.39, 0.29) is 0 Å². The summed E-state index contributed by atoms with van der Waals surface area (Å²) in [5.74, 6) is 1.86. The van der Waals surface area contributed by atoms with E-state index >= 15 is 0 Å². The number of rotatable bonds is 3. The van der Waals surface area contributed by atoms with Gasteiger partial charge in [-0.2, -0.15) is 17.0 Å². The summed E-state index contributed by atoms with van der Waals surface area (Å²) in [6.45, 7) is 0.867. The first-order valence-corrected chi connectivity index (χ1v) is 7.14. The Hall–Kier alpha value is -0.920. The Morgan fingerprint density at radius 2 is 2.47 bits per heavy atom. The molecule has 1 aromatic heterocycles. The highest BCUT2D eigenvalue weighted by molar-refractivity contribution is 7.99. The molecule has 1 fully saturated rings. The largest absolute Gasteiger partial charge is 0.368 e. The third-order valence-electron chi connectivity index (χ3n) is 2.78. The van der Waals surface area contributed by atoms with Gasteiger partial charge in [0.2, 0.25) is 0 Å². The standard InChI is InChI=1S/C12H14ClN3S/c13-11-9(7-14)4-5-15-12(11)16-8-10-3-1-2-6-17-10/h4-5,10H,1-3,6,8H2,(H,15,16). The second-order valence-electron chi connectivity index (χ2n) is 4.00. The number of nitrogens with zero attached hydrogens (tertiary/aromatic N) is 2. The number of anilines is 1. The van der Waals surface area contributed by atoms with E-state index in [1.54, 1.807) is 12.3 Å². The fraction of sp³-hybridized carbons (Fsp3) is 0.500. The van der Waals surface area contributed by atoms with Gasteiger partial charge in [0.15, 0.2) is 0 Å². The lowest BCUT2D eigenvalue weighted by molar-refractivity contribution is 0.677. The van der Waals surface area contributed by atoms with Crippen molar-refractivity contribution in [3.63, 3.8) is 0 Å². The van der Waals surface area contributed by atoms with Crippen LogP contribution in [0.4, 0.5) is 5.82 Å². The second kappa shape index (κ2) is 6.13. The number of nitriles is 1. The molecule has 2 heterocycles. The van der Waals surface area contributed by atoms with Crippen molar-refractivity contribution in [1.82, 2.24) is 4.98 Å². The van der Waals surface area contributed by atoms with Crippen molar-refractivity contribution in [3.05, 3.63) is 22.8 Å². The highest BCUT2D eigenvalue weighted by Crippen LogP contribution is 2.27. The summed E-state index contributed by atoms with van der Waals surface area (Å²) in [5, 5.41) is 13.2. The number of thioether (sulfide) groups is 1. The van der Waals surface area contributed by atoms with Crippen LogP contribution < -0.4 is 5.32 Å². The molecule has 1 saturated heterocycles. The van der Waals surface area contributed by atoms with Crippen molar-refractivity contribution in [2.75, 3.05) is 17.6 Å². The third-order valence-corrected chi connectivity index (χ3v) is 4.56. The summed E-state index contributed by atoms with van der Waals surface area (Å²) < 4.78 is 0. The summed E-state index contributed by atoms with van der Waals surface area (Å²) >= 11 is 8.07. The molecule has 0 bridgehead atoms. The number of halogens is 1. The quantitative estimate of drug-likeness (QED) is 0.913. The molecular weight excluding hydrogens is 254 g/mol. The summed E-state index contributed by atoms with van der Waals surface area (Å²) in [7, 11) is 0. The van der Waals surface area contributed by atoms with E-state index in [2.05, 4.69) is 16.4 Å². The van der Waals surface area contributed by atoms with E-state index in [0.29, 0.717) is 21.7 Å². The molecule has 0 radical (unpaired) electrons. The highest BCUT2D eigenvalue weighted by atomic mass is 35.5. The molecule has 0 aromatic carbocycles. The number of aromatic nitrogens is 1. The molecule has 1 unspecified atom stereocenters. The van der Waals surface area contributed by atoms with Crippen LogP contribution in [0.5, 0.6) is 0 Å². The van der Waals surface area contributed by atoms with Crippen LogP contribution in [0.15, 0.2) is 12.3 Å². The van der Waals surface area contributed by atoms with Crippen LogP contribution in [0.1, 0.15) is 24.8 Å². The zero-order valence-corrected chi connectivity index (χ0v) is 11.0. The van der Waals surface area contributed by atoms with Crippen molar-refractivity contribution in [2.24, 2.45) is 0 Å². The molecule has 3 nitrogen and oxygen atoms in total. The zero-order chi connectivity index (χ0) is 12.1. The van der Waals surface area contributed by atoms with Crippen LogP contribution in [0.25, 0.3) is 0 Å². The Bertz CT molecular complexity index is 424. The molecule has 1 aromatic rings. The minimum absolute atomic E-state index is 0.427. The molecule has 0 saturated carbocycles. The summed E-state index contributed by atoms with van der Waals surface area (Å²) in [6.07, 6.45) is 5.48. The van der Waals surface area contributed by atoms with Crippen LogP contribution in [-0.2, 0) is 0 Å². The van der Waals surface area contributed by atoms with Gasteiger partial charge in [-0.1, -0.05) is 18.0 Å². The predicted molar refractivity (Wildman–Crippen MR) is 72.5 cm³/mol. The first-order valence-electron chi connectivity index (χ1n) is 5.71. The second-order valence-corrected chi connectivity index (χ2v) is 5.79. The fourth-order valence-electron chi connectivity index (χ4n) is 1.83. The lowest BCUT2D eigenvalue weighted by Crippen LogP contribution is -2.20. The molecule has 0 aliphatic carbocycles. The SMILES string of the molecule is N#Cc1ccnc(NCC2CCCCS2)c1Cl. The monoisotopic (exact) mass is 267 g/mol. The van der Waals surface area contributed by atoms with Gasteiger partial charge in [0.25, 0.3) is 0 Å². The third kappa shape index (κ3) is 3.27. The molecule has 1 atom stereocenters. The van der Waals surface area contributed by atoms with Gasteiger partial charge in [0.05, 0.1) is 5.56 Å². The Labute approximate surface area is 111 Å². The van der Waals surface area contributed by atoms with Crippen LogP contribution in [0, 0.1) is 11.3 Å².